The first kappa shape index (κ1) is 18.6. The Morgan fingerprint density at radius 1 is 1.10 bits per heavy atom. The molecule has 2 aliphatic rings. The topological polar surface area (TPSA) is 85.3 Å². The highest BCUT2D eigenvalue weighted by Gasteiger charge is 2.25. The summed E-state index contributed by atoms with van der Waals surface area (Å²) in [6, 6.07) is 13.8. The molecule has 0 aromatic heterocycles. The quantitative estimate of drug-likeness (QED) is 0.592. The summed E-state index contributed by atoms with van der Waals surface area (Å²) in [5.74, 6) is -0.641. The summed E-state index contributed by atoms with van der Waals surface area (Å²) < 4.78 is 9.95. The molecule has 0 bridgehead atoms. The highest BCUT2D eigenvalue weighted by molar-refractivity contribution is 6.13. The first-order chi connectivity index (χ1) is 14.0. The number of benzene rings is 2. The van der Waals surface area contributed by atoms with Gasteiger partial charge < -0.3 is 14.4 Å². The fraction of sp³-hybridized carbons (Fsp3) is 0.182. The molecule has 2 aromatic carbocycles. The van der Waals surface area contributed by atoms with Gasteiger partial charge in [0.05, 0.1) is 12.7 Å². The number of rotatable bonds is 4. The molecule has 0 N–H and O–H groups in total. The van der Waals surface area contributed by atoms with E-state index < -0.39 is 11.9 Å². The molecule has 0 unspecified atom stereocenters. The minimum absolute atomic E-state index is 0.117. The summed E-state index contributed by atoms with van der Waals surface area (Å²) in [7, 11) is 1.32. The summed E-state index contributed by atoms with van der Waals surface area (Å²) in [5.41, 5.74) is 2.77. The van der Waals surface area contributed by atoms with Crippen LogP contribution in [0.2, 0.25) is 0 Å². The lowest BCUT2D eigenvalue weighted by atomic mass is 10.1. The van der Waals surface area contributed by atoms with Gasteiger partial charge in [-0.05, 0) is 54.5 Å². The first-order valence-corrected chi connectivity index (χ1v) is 9.17. The minimum Gasteiger partial charge on any atom is -0.465 e. The van der Waals surface area contributed by atoms with E-state index in [9.17, 15) is 14.4 Å². The first-order valence-electron chi connectivity index (χ1n) is 9.17. The summed E-state index contributed by atoms with van der Waals surface area (Å²) in [6.07, 6.45) is 3.02. The molecule has 29 heavy (non-hydrogen) atoms. The van der Waals surface area contributed by atoms with Crippen molar-refractivity contribution in [3.05, 3.63) is 70.9 Å². The molecule has 0 spiro atoms. The van der Waals surface area contributed by atoms with Gasteiger partial charge in [-0.15, -0.1) is 0 Å². The molecular formula is C22H18N2O5. The normalized spacial score (nSPS) is 17.5. The van der Waals surface area contributed by atoms with Gasteiger partial charge in [-0.1, -0.05) is 12.1 Å². The number of hydrogen-bond acceptors (Lipinski definition) is 6. The number of carbonyl (C=O) groups is 3. The lowest BCUT2D eigenvalue weighted by Gasteiger charge is -2.15. The monoisotopic (exact) mass is 390 g/mol. The average Bonchev–Trinajstić information content (AvgIpc) is 3.34. The van der Waals surface area contributed by atoms with E-state index in [4.69, 9.17) is 4.74 Å². The number of esters is 2. The third-order valence-corrected chi connectivity index (χ3v) is 4.76. The molecular weight excluding hydrogens is 372 g/mol. The molecule has 2 aliphatic heterocycles. The summed E-state index contributed by atoms with van der Waals surface area (Å²) >= 11 is 0. The van der Waals surface area contributed by atoms with Crippen LogP contribution < -0.4 is 4.90 Å². The zero-order valence-corrected chi connectivity index (χ0v) is 15.8. The lowest BCUT2D eigenvalue weighted by Crippen LogP contribution is -2.23. The second-order valence-electron chi connectivity index (χ2n) is 6.65. The molecule has 7 nitrogen and oxygen atoms in total. The Labute approximate surface area is 167 Å². The molecule has 1 amide bonds. The van der Waals surface area contributed by atoms with E-state index >= 15 is 0 Å². The molecule has 0 aliphatic carbocycles. The number of nitrogens with zero attached hydrogens (tertiary/aromatic N) is 2. The fourth-order valence-electron chi connectivity index (χ4n) is 3.23. The van der Waals surface area contributed by atoms with Crippen LogP contribution in [0, 0.1) is 0 Å². The Balaban J connectivity index is 1.53. The smallest absolute Gasteiger partial charge is 0.363 e. The number of methoxy groups -OCH3 is 1. The van der Waals surface area contributed by atoms with Crippen LogP contribution in [0.1, 0.15) is 34.3 Å². The van der Waals surface area contributed by atoms with E-state index in [0.717, 1.165) is 18.7 Å². The minimum atomic E-state index is -0.546. The maximum atomic E-state index is 12.2. The maximum absolute atomic E-state index is 12.2. The van der Waals surface area contributed by atoms with E-state index in [-0.39, 0.29) is 17.5 Å². The van der Waals surface area contributed by atoms with Crippen LogP contribution in [0.5, 0.6) is 0 Å². The van der Waals surface area contributed by atoms with Gasteiger partial charge in [0.2, 0.25) is 11.8 Å². The van der Waals surface area contributed by atoms with Crippen molar-refractivity contribution in [1.29, 1.82) is 0 Å². The molecule has 146 valence electrons. The predicted octanol–water partition coefficient (Wildman–Crippen LogP) is 2.94. The second kappa shape index (κ2) is 7.71. The summed E-state index contributed by atoms with van der Waals surface area (Å²) in [5, 5.41) is 0. The number of ether oxygens (including phenoxy) is 2. The van der Waals surface area contributed by atoms with Crippen molar-refractivity contribution < 1.29 is 23.9 Å². The van der Waals surface area contributed by atoms with Crippen LogP contribution in [0.3, 0.4) is 0 Å². The molecule has 2 aromatic rings. The zero-order valence-electron chi connectivity index (χ0n) is 15.8. The maximum Gasteiger partial charge on any atom is 0.363 e. The standard InChI is InChI=1S/C22H18N2O5/c1-28-21(26)16-6-4-14(5-7-16)13-18-22(27)29-20(23-18)15-8-10-17(11-9-15)24-12-2-3-19(24)25/h4-11,13H,2-3,12H2,1H3/b18-13-. The molecule has 0 radical (unpaired) electrons. The summed E-state index contributed by atoms with van der Waals surface area (Å²) in [4.78, 5) is 41.5. The van der Waals surface area contributed by atoms with E-state index in [1.54, 1.807) is 47.4 Å². The van der Waals surface area contributed by atoms with E-state index in [1.807, 2.05) is 12.1 Å². The number of hydrogen-bond donors (Lipinski definition) is 0. The van der Waals surface area contributed by atoms with Crippen molar-refractivity contribution in [3.63, 3.8) is 0 Å². The van der Waals surface area contributed by atoms with Crippen molar-refractivity contribution >= 4 is 35.5 Å². The van der Waals surface area contributed by atoms with Gasteiger partial charge >= 0.3 is 11.9 Å². The highest BCUT2D eigenvalue weighted by Crippen LogP contribution is 2.24. The Morgan fingerprint density at radius 2 is 1.83 bits per heavy atom. The third-order valence-electron chi connectivity index (χ3n) is 4.76. The fourth-order valence-corrected chi connectivity index (χ4v) is 3.23. The van der Waals surface area contributed by atoms with Crippen molar-refractivity contribution in [2.45, 2.75) is 12.8 Å². The van der Waals surface area contributed by atoms with E-state index in [0.29, 0.717) is 23.1 Å². The average molecular weight is 390 g/mol. The van der Waals surface area contributed by atoms with Crippen molar-refractivity contribution in [2.75, 3.05) is 18.6 Å². The Hall–Kier alpha value is -3.74. The molecule has 0 saturated carbocycles. The van der Waals surface area contributed by atoms with Gasteiger partial charge in [0.15, 0.2) is 5.70 Å². The second-order valence-corrected chi connectivity index (χ2v) is 6.65. The largest absolute Gasteiger partial charge is 0.465 e. The van der Waals surface area contributed by atoms with Crippen molar-refractivity contribution in [1.82, 2.24) is 0 Å². The van der Waals surface area contributed by atoms with Gasteiger partial charge in [0.25, 0.3) is 0 Å². The molecule has 4 rings (SSSR count). The molecule has 7 heteroatoms. The van der Waals surface area contributed by atoms with E-state index in [2.05, 4.69) is 9.73 Å². The SMILES string of the molecule is COC(=O)c1ccc(/C=C2\N=C(c3ccc(N4CCCC4=O)cc3)OC2=O)cc1. The van der Waals surface area contributed by atoms with Gasteiger partial charge in [-0.25, -0.2) is 14.6 Å². The van der Waals surface area contributed by atoms with Crippen LogP contribution in [0.25, 0.3) is 6.08 Å². The van der Waals surface area contributed by atoms with Crippen LogP contribution in [0.4, 0.5) is 5.69 Å². The third kappa shape index (κ3) is 3.80. The van der Waals surface area contributed by atoms with E-state index in [1.165, 1.54) is 7.11 Å². The molecule has 1 fully saturated rings. The zero-order chi connectivity index (χ0) is 20.4. The van der Waals surface area contributed by atoms with Gasteiger partial charge in [-0.3, -0.25) is 4.79 Å². The number of aliphatic imine (C=N–C) groups is 1. The predicted molar refractivity (Wildman–Crippen MR) is 106 cm³/mol. The molecule has 1 saturated heterocycles. The van der Waals surface area contributed by atoms with Crippen molar-refractivity contribution in [2.24, 2.45) is 4.99 Å². The van der Waals surface area contributed by atoms with Gasteiger partial charge in [-0.2, -0.15) is 0 Å². The van der Waals surface area contributed by atoms with Gasteiger partial charge in [0.1, 0.15) is 0 Å². The van der Waals surface area contributed by atoms with Crippen LogP contribution in [-0.2, 0) is 19.1 Å². The van der Waals surface area contributed by atoms with Crippen LogP contribution >= 0.6 is 0 Å². The Morgan fingerprint density at radius 3 is 2.45 bits per heavy atom. The van der Waals surface area contributed by atoms with Crippen LogP contribution in [-0.4, -0.2) is 37.4 Å². The summed E-state index contributed by atoms with van der Waals surface area (Å²) in [6.45, 7) is 0.718. The Kier molecular flexibility index (Phi) is 4.95. The number of amides is 1. The number of cyclic esters (lactones) is 1. The van der Waals surface area contributed by atoms with Crippen LogP contribution in [0.15, 0.2) is 59.2 Å². The molecule has 2 heterocycles. The Bertz CT molecular complexity index is 1040. The number of anilines is 1. The number of carbonyl (C=O) groups excluding carboxylic acids is 3. The lowest BCUT2D eigenvalue weighted by molar-refractivity contribution is -0.130. The van der Waals surface area contributed by atoms with Crippen molar-refractivity contribution in [3.8, 4) is 0 Å². The highest BCUT2D eigenvalue weighted by atomic mass is 16.6. The molecule has 0 atom stereocenters. The van der Waals surface area contributed by atoms with Gasteiger partial charge in [0, 0.05) is 24.2 Å².